The van der Waals surface area contributed by atoms with Crippen LogP contribution in [0.25, 0.3) is 5.69 Å². The van der Waals surface area contributed by atoms with Gasteiger partial charge in [-0.3, -0.25) is 4.79 Å². The molecule has 0 aliphatic carbocycles. The number of benzene rings is 2. The number of aromatic nitrogens is 3. The van der Waals surface area contributed by atoms with E-state index in [4.69, 9.17) is 4.74 Å². The molecular weight excluding hydrogens is 352 g/mol. The fourth-order valence-electron chi connectivity index (χ4n) is 2.88. The van der Waals surface area contributed by atoms with Crippen molar-refractivity contribution in [3.05, 3.63) is 72.3 Å². The zero-order valence-corrected chi connectivity index (χ0v) is 16.7. The minimum Gasteiger partial charge on any atom is -0.481 e. The van der Waals surface area contributed by atoms with Crippen molar-refractivity contribution in [1.82, 2.24) is 20.1 Å². The molecule has 2 aromatic carbocycles. The van der Waals surface area contributed by atoms with Gasteiger partial charge in [0.15, 0.2) is 6.10 Å². The molecule has 3 aromatic rings. The minimum absolute atomic E-state index is 0.134. The van der Waals surface area contributed by atoms with Gasteiger partial charge in [-0.1, -0.05) is 38.1 Å². The molecule has 0 saturated carbocycles. The lowest BCUT2D eigenvalue weighted by atomic mass is 10.0. The summed E-state index contributed by atoms with van der Waals surface area (Å²) < 4.78 is 7.53. The van der Waals surface area contributed by atoms with Crippen LogP contribution in [0.3, 0.4) is 0 Å². The highest BCUT2D eigenvalue weighted by Crippen LogP contribution is 2.21. The molecule has 0 aliphatic rings. The van der Waals surface area contributed by atoms with Gasteiger partial charge in [-0.25, -0.2) is 9.67 Å². The first-order chi connectivity index (χ1) is 13.4. The molecule has 1 heterocycles. The highest BCUT2D eigenvalue weighted by molar-refractivity contribution is 5.81. The molecule has 0 spiro atoms. The van der Waals surface area contributed by atoms with Crippen LogP contribution in [0.15, 0.2) is 61.2 Å². The molecule has 6 heteroatoms. The standard InChI is InChI=1S/C22H26N4O2/c1-15(2)19-6-5-7-21(12-19)28-17(4)22(27)25-16(3)18-8-10-20(11-9-18)26-14-23-13-24-26/h5-17H,1-4H3,(H,25,27). The van der Waals surface area contributed by atoms with E-state index < -0.39 is 6.10 Å². The number of carbonyl (C=O) groups excluding carboxylic acids is 1. The first kappa shape index (κ1) is 19.6. The van der Waals surface area contributed by atoms with E-state index in [-0.39, 0.29) is 11.9 Å². The van der Waals surface area contributed by atoms with Gasteiger partial charge in [0.25, 0.3) is 5.91 Å². The Hall–Kier alpha value is -3.15. The van der Waals surface area contributed by atoms with Crippen LogP contribution >= 0.6 is 0 Å². The average Bonchev–Trinajstić information content (AvgIpc) is 3.23. The second-order valence-corrected chi connectivity index (χ2v) is 7.15. The van der Waals surface area contributed by atoms with E-state index in [0.717, 1.165) is 11.3 Å². The quantitative estimate of drug-likeness (QED) is 0.674. The predicted octanol–water partition coefficient (Wildman–Crippen LogP) is 4.04. The van der Waals surface area contributed by atoms with Gasteiger partial charge in [0.2, 0.25) is 0 Å². The molecule has 28 heavy (non-hydrogen) atoms. The number of nitrogens with zero attached hydrogens (tertiary/aromatic N) is 3. The molecule has 3 rings (SSSR count). The maximum absolute atomic E-state index is 12.5. The normalized spacial score (nSPS) is 13.2. The first-order valence-corrected chi connectivity index (χ1v) is 9.46. The molecule has 146 valence electrons. The van der Waals surface area contributed by atoms with Crippen molar-refractivity contribution in [3.63, 3.8) is 0 Å². The maximum Gasteiger partial charge on any atom is 0.261 e. The van der Waals surface area contributed by atoms with E-state index in [1.807, 2.05) is 49.4 Å². The Bertz CT molecular complexity index is 905. The summed E-state index contributed by atoms with van der Waals surface area (Å²) in [6.07, 6.45) is 2.56. The Morgan fingerprint density at radius 3 is 2.43 bits per heavy atom. The van der Waals surface area contributed by atoms with Gasteiger partial charge in [0, 0.05) is 0 Å². The summed E-state index contributed by atoms with van der Waals surface area (Å²) in [5.41, 5.74) is 3.11. The maximum atomic E-state index is 12.5. The molecule has 0 fully saturated rings. The summed E-state index contributed by atoms with van der Waals surface area (Å²) in [4.78, 5) is 16.5. The van der Waals surface area contributed by atoms with Gasteiger partial charge in [-0.15, -0.1) is 0 Å². The lowest BCUT2D eigenvalue weighted by molar-refractivity contribution is -0.127. The van der Waals surface area contributed by atoms with Crippen molar-refractivity contribution >= 4 is 5.91 Å². The Morgan fingerprint density at radius 1 is 1.04 bits per heavy atom. The van der Waals surface area contributed by atoms with E-state index >= 15 is 0 Å². The summed E-state index contributed by atoms with van der Waals surface area (Å²) >= 11 is 0. The van der Waals surface area contributed by atoms with Crippen molar-refractivity contribution in [2.45, 2.75) is 45.8 Å². The van der Waals surface area contributed by atoms with Gasteiger partial charge >= 0.3 is 0 Å². The smallest absolute Gasteiger partial charge is 0.261 e. The molecule has 0 bridgehead atoms. The number of hydrogen-bond acceptors (Lipinski definition) is 4. The molecule has 0 saturated heterocycles. The van der Waals surface area contributed by atoms with E-state index in [1.165, 1.54) is 11.9 Å². The van der Waals surface area contributed by atoms with Gasteiger partial charge in [-0.05, 0) is 55.2 Å². The lowest BCUT2D eigenvalue weighted by Gasteiger charge is -2.20. The zero-order valence-electron chi connectivity index (χ0n) is 16.7. The van der Waals surface area contributed by atoms with Crippen molar-refractivity contribution in [2.75, 3.05) is 0 Å². The topological polar surface area (TPSA) is 69.0 Å². The molecule has 1 amide bonds. The summed E-state index contributed by atoms with van der Waals surface area (Å²) in [6, 6.07) is 15.6. The molecule has 1 N–H and O–H groups in total. The summed E-state index contributed by atoms with van der Waals surface area (Å²) in [5, 5.41) is 7.12. The number of hydrogen-bond donors (Lipinski definition) is 1. The fourth-order valence-corrected chi connectivity index (χ4v) is 2.88. The largest absolute Gasteiger partial charge is 0.481 e. The second kappa shape index (κ2) is 8.69. The Balaban J connectivity index is 1.59. The summed E-state index contributed by atoms with van der Waals surface area (Å²) in [7, 11) is 0. The monoisotopic (exact) mass is 378 g/mol. The van der Waals surface area contributed by atoms with Crippen molar-refractivity contribution in [2.24, 2.45) is 0 Å². The Morgan fingerprint density at radius 2 is 1.79 bits per heavy atom. The fraction of sp³-hybridized carbons (Fsp3) is 0.318. The second-order valence-electron chi connectivity index (χ2n) is 7.15. The van der Waals surface area contributed by atoms with E-state index in [9.17, 15) is 4.79 Å². The van der Waals surface area contributed by atoms with Crippen molar-refractivity contribution in [3.8, 4) is 11.4 Å². The predicted molar refractivity (Wildman–Crippen MR) is 109 cm³/mol. The number of carbonyl (C=O) groups is 1. The molecule has 0 aliphatic heterocycles. The van der Waals surface area contributed by atoms with Gasteiger partial charge in [-0.2, -0.15) is 5.10 Å². The molecular formula is C22H26N4O2. The van der Waals surface area contributed by atoms with Crippen molar-refractivity contribution in [1.29, 1.82) is 0 Å². The number of nitrogens with one attached hydrogen (secondary N) is 1. The number of amides is 1. The van der Waals surface area contributed by atoms with E-state index in [2.05, 4.69) is 35.3 Å². The van der Waals surface area contributed by atoms with Crippen LogP contribution in [-0.4, -0.2) is 26.8 Å². The zero-order chi connectivity index (χ0) is 20.1. The highest BCUT2D eigenvalue weighted by Gasteiger charge is 2.18. The molecule has 0 radical (unpaired) electrons. The summed E-state index contributed by atoms with van der Waals surface area (Å²) in [5.74, 6) is 0.967. The van der Waals surface area contributed by atoms with Crippen LogP contribution in [0.1, 0.15) is 50.8 Å². The van der Waals surface area contributed by atoms with Gasteiger partial charge in [0.1, 0.15) is 18.4 Å². The molecule has 2 unspecified atom stereocenters. The Labute approximate surface area is 165 Å². The number of rotatable bonds is 7. The van der Waals surface area contributed by atoms with Gasteiger partial charge in [0.05, 0.1) is 11.7 Å². The van der Waals surface area contributed by atoms with Crippen LogP contribution in [0.5, 0.6) is 5.75 Å². The average molecular weight is 378 g/mol. The van der Waals surface area contributed by atoms with Gasteiger partial charge < -0.3 is 10.1 Å². The first-order valence-electron chi connectivity index (χ1n) is 9.46. The Kier molecular flexibility index (Phi) is 6.09. The van der Waals surface area contributed by atoms with Crippen LogP contribution in [0.4, 0.5) is 0 Å². The molecule has 1 aromatic heterocycles. The van der Waals surface area contributed by atoms with Crippen LogP contribution in [0, 0.1) is 0 Å². The minimum atomic E-state index is -0.584. The van der Waals surface area contributed by atoms with Crippen LogP contribution in [-0.2, 0) is 4.79 Å². The number of ether oxygens (including phenoxy) is 1. The SMILES string of the molecule is CC(Oc1cccc(C(C)C)c1)C(=O)NC(C)c1ccc(-n2cncn2)cc1. The van der Waals surface area contributed by atoms with Crippen LogP contribution < -0.4 is 10.1 Å². The van der Waals surface area contributed by atoms with Crippen LogP contribution in [0.2, 0.25) is 0 Å². The molecule has 2 atom stereocenters. The third kappa shape index (κ3) is 4.76. The third-order valence-corrected chi connectivity index (χ3v) is 4.64. The summed E-state index contributed by atoms with van der Waals surface area (Å²) in [6.45, 7) is 7.97. The van der Waals surface area contributed by atoms with Crippen molar-refractivity contribution < 1.29 is 9.53 Å². The third-order valence-electron chi connectivity index (χ3n) is 4.64. The molecule has 6 nitrogen and oxygen atoms in total. The highest BCUT2D eigenvalue weighted by atomic mass is 16.5. The van der Waals surface area contributed by atoms with E-state index in [0.29, 0.717) is 11.7 Å². The van der Waals surface area contributed by atoms with E-state index in [1.54, 1.807) is 17.9 Å². The lowest BCUT2D eigenvalue weighted by Crippen LogP contribution is -2.37.